The Hall–Kier alpha value is -2.56. The first-order chi connectivity index (χ1) is 9.54. The van der Waals surface area contributed by atoms with Crippen molar-refractivity contribution in [3.8, 4) is 0 Å². The van der Waals surface area contributed by atoms with Crippen LogP contribution in [0.4, 0.5) is 13.2 Å². The Balaban J connectivity index is 2.05. The van der Waals surface area contributed by atoms with Gasteiger partial charge in [0.25, 0.3) is 0 Å². The predicted molar refractivity (Wildman–Crippen MR) is 66.0 cm³/mol. The van der Waals surface area contributed by atoms with Gasteiger partial charge < -0.3 is 4.42 Å². The lowest BCUT2D eigenvalue weighted by Crippen LogP contribution is -2.00. The maximum Gasteiger partial charge on any atom is 0.228 e. The summed E-state index contributed by atoms with van der Waals surface area (Å²) in [4.78, 5) is 12.1. The molecular formula is C15H7F3O2. The molecule has 2 nitrogen and oxygen atoms in total. The molecule has 0 radical (unpaired) electrons. The van der Waals surface area contributed by atoms with Crippen molar-refractivity contribution in [2.75, 3.05) is 0 Å². The molecule has 0 N–H and O–H groups in total. The summed E-state index contributed by atoms with van der Waals surface area (Å²) in [5, 5.41) is 0.427. The Morgan fingerprint density at radius 1 is 0.900 bits per heavy atom. The van der Waals surface area contributed by atoms with Crippen LogP contribution in [0.25, 0.3) is 11.0 Å². The maximum atomic E-state index is 13.1. The Bertz CT molecular complexity index is 821. The van der Waals surface area contributed by atoms with Crippen LogP contribution in [-0.4, -0.2) is 5.78 Å². The zero-order valence-corrected chi connectivity index (χ0v) is 9.99. The number of fused-ring (bicyclic) bond motifs is 1. The molecule has 0 bridgehead atoms. The molecule has 0 atom stereocenters. The lowest BCUT2D eigenvalue weighted by molar-refractivity contribution is 0.101. The summed E-state index contributed by atoms with van der Waals surface area (Å²) in [6.07, 6.45) is 0. The third-order valence-electron chi connectivity index (χ3n) is 2.88. The average molecular weight is 276 g/mol. The number of rotatable bonds is 2. The first-order valence-corrected chi connectivity index (χ1v) is 5.73. The van der Waals surface area contributed by atoms with E-state index in [1.54, 1.807) is 0 Å². The van der Waals surface area contributed by atoms with E-state index in [-0.39, 0.29) is 11.3 Å². The van der Waals surface area contributed by atoms with E-state index in [4.69, 9.17) is 4.42 Å². The molecule has 3 rings (SSSR count). The maximum absolute atomic E-state index is 13.1. The molecular weight excluding hydrogens is 269 g/mol. The monoisotopic (exact) mass is 276 g/mol. The quantitative estimate of drug-likeness (QED) is 0.660. The zero-order valence-electron chi connectivity index (χ0n) is 9.99. The summed E-state index contributed by atoms with van der Waals surface area (Å²) >= 11 is 0. The Labute approximate surface area is 111 Å². The molecule has 0 aliphatic heterocycles. The van der Waals surface area contributed by atoms with Gasteiger partial charge in [-0.25, -0.2) is 13.2 Å². The fourth-order valence-corrected chi connectivity index (χ4v) is 1.91. The van der Waals surface area contributed by atoms with Gasteiger partial charge in [0.1, 0.15) is 11.4 Å². The number of furan rings is 1. The van der Waals surface area contributed by atoms with Crippen molar-refractivity contribution >= 4 is 16.8 Å². The third-order valence-corrected chi connectivity index (χ3v) is 2.88. The number of hydrogen-bond acceptors (Lipinski definition) is 2. The largest absolute Gasteiger partial charge is 0.453 e. The second-order valence-corrected chi connectivity index (χ2v) is 4.25. The van der Waals surface area contributed by atoms with Gasteiger partial charge >= 0.3 is 0 Å². The van der Waals surface area contributed by atoms with Crippen molar-refractivity contribution in [1.29, 1.82) is 0 Å². The van der Waals surface area contributed by atoms with Crippen LogP contribution in [0, 0.1) is 17.5 Å². The molecule has 5 heteroatoms. The molecule has 0 aliphatic rings. The minimum absolute atomic E-state index is 0.0385. The molecule has 20 heavy (non-hydrogen) atoms. The smallest absolute Gasteiger partial charge is 0.228 e. The van der Waals surface area contributed by atoms with Crippen molar-refractivity contribution in [1.82, 2.24) is 0 Å². The first kappa shape index (κ1) is 12.5. The molecule has 0 unspecified atom stereocenters. The van der Waals surface area contributed by atoms with Crippen LogP contribution in [0.15, 0.2) is 46.9 Å². The number of hydrogen-bond donors (Lipinski definition) is 0. The van der Waals surface area contributed by atoms with Crippen LogP contribution < -0.4 is 0 Å². The van der Waals surface area contributed by atoms with E-state index in [2.05, 4.69) is 0 Å². The Morgan fingerprint density at radius 3 is 2.45 bits per heavy atom. The molecule has 0 saturated heterocycles. The van der Waals surface area contributed by atoms with E-state index in [0.717, 1.165) is 18.2 Å². The van der Waals surface area contributed by atoms with E-state index >= 15 is 0 Å². The summed E-state index contributed by atoms with van der Waals surface area (Å²) in [5.74, 6) is -3.26. The van der Waals surface area contributed by atoms with E-state index in [1.165, 1.54) is 24.3 Å². The van der Waals surface area contributed by atoms with Crippen molar-refractivity contribution in [3.63, 3.8) is 0 Å². The average Bonchev–Trinajstić information content (AvgIpc) is 2.84. The number of halogens is 3. The SMILES string of the molecule is O=C(c1ccc(F)c(F)c1)c1cc2cc(F)ccc2o1. The van der Waals surface area contributed by atoms with E-state index in [9.17, 15) is 18.0 Å². The van der Waals surface area contributed by atoms with Gasteiger partial charge in [-0.15, -0.1) is 0 Å². The highest BCUT2D eigenvalue weighted by atomic mass is 19.2. The number of benzene rings is 2. The Morgan fingerprint density at radius 2 is 1.70 bits per heavy atom. The standard InChI is InChI=1S/C15H7F3O2/c16-10-2-4-13-9(5-10)7-14(20-13)15(19)8-1-3-11(17)12(18)6-8/h1-7H. The van der Waals surface area contributed by atoms with Crippen LogP contribution in [0.3, 0.4) is 0 Å². The highest BCUT2D eigenvalue weighted by Gasteiger charge is 2.16. The van der Waals surface area contributed by atoms with Crippen molar-refractivity contribution < 1.29 is 22.4 Å². The summed E-state index contributed by atoms with van der Waals surface area (Å²) in [5.41, 5.74) is 0.306. The van der Waals surface area contributed by atoms with Crippen LogP contribution in [0.2, 0.25) is 0 Å². The molecule has 0 spiro atoms. The van der Waals surface area contributed by atoms with E-state index in [0.29, 0.717) is 11.0 Å². The molecule has 0 fully saturated rings. The van der Waals surface area contributed by atoms with E-state index < -0.39 is 23.2 Å². The third kappa shape index (κ3) is 2.07. The molecule has 1 aromatic heterocycles. The van der Waals surface area contributed by atoms with Gasteiger partial charge in [0, 0.05) is 10.9 Å². The van der Waals surface area contributed by atoms with Gasteiger partial charge in [0.15, 0.2) is 17.4 Å². The van der Waals surface area contributed by atoms with Gasteiger partial charge in [-0.05, 0) is 42.5 Å². The van der Waals surface area contributed by atoms with Crippen LogP contribution in [-0.2, 0) is 0 Å². The van der Waals surface area contributed by atoms with Crippen LogP contribution in [0.5, 0.6) is 0 Å². The number of carbonyl (C=O) groups is 1. The number of carbonyl (C=O) groups excluding carboxylic acids is 1. The topological polar surface area (TPSA) is 30.2 Å². The summed E-state index contributed by atoms with van der Waals surface area (Å²) < 4.78 is 44.3. The fourth-order valence-electron chi connectivity index (χ4n) is 1.91. The van der Waals surface area contributed by atoms with Gasteiger partial charge in [0.05, 0.1) is 0 Å². The predicted octanol–water partition coefficient (Wildman–Crippen LogP) is 4.08. The molecule has 1 heterocycles. The minimum atomic E-state index is -1.11. The normalized spacial score (nSPS) is 10.9. The molecule has 0 amide bonds. The van der Waals surface area contributed by atoms with Gasteiger partial charge in [-0.3, -0.25) is 4.79 Å². The zero-order chi connectivity index (χ0) is 14.3. The lowest BCUT2D eigenvalue weighted by atomic mass is 10.1. The van der Waals surface area contributed by atoms with Gasteiger partial charge in [-0.2, -0.15) is 0 Å². The second-order valence-electron chi connectivity index (χ2n) is 4.25. The number of ketones is 1. The first-order valence-electron chi connectivity index (χ1n) is 5.73. The van der Waals surface area contributed by atoms with Crippen molar-refractivity contribution in [3.05, 3.63) is 71.2 Å². The van der Waals surface area contributed by atoms with Gasteiger partial charge in [0.2, 0.25) is 5.78 Å². The lowest BCUT2D eigenvalue weighted by Gasteiger charge is -1.98. The molecule has 2 aromatic carbocycles. The molecule has 0 saturated carbocycles. The highest BCUT2D eigenvalue weighted by molar-refractivity contribution is 6.08. The minimum Gasteiger partial charge on any atom is -0.453 e. The summed E-state index contributed by atoms with van der Waals surface area (Å²) in [7, 11) is 0. The van der Waals surface area contributed by atoms with Crippen molar-refractivity contribution in [2.45, 2.75) is 0 Å². The fraction of sp³-hybridized carbons (Fsp3) is 0. The van der Waals surface area contributed by atoms with Gasteiger partial charge in [-0.1, -0.05) is 0 Å². The van der Waals surface area contributed by atoms with Crippen molar-refractivity contribution in [2.24, 2.45) is 0 Å². The molecule has 3 aromatic rings. The van der Waals surface area contributed by atoms with E-state index in [1.807, 2.05) is 0 Å². The Kier molecular flexibility index (Phi) is 2.82. The van der Waals surface area contributed by atoms with Crippen LogP contribution >= 0.6 is 0 Å². The highest BCUT2D eigenvalue weighted by Crippen LogP contribution is 2.23. The molecule has 100 valence electrons. The summed E-state index contributed by atoms with van der Waals surface area (Å²) in [6, 6.07) is 8.01. The summed E-state index contributed by atoms with van der Waals surface area (Å²) in [6.45, 7) is 0. The molecule has 0 aliphatic carbocycles. The second kappa shape index (κ2) is 4.52. The van der Waals surface area contributed by atoms with Crippen LogP contribution in [0.1, 0.15) is 16.1 Å².